The molecular weight excluding hydrogens is 270 g/mol. The highest BCUT2D eigenvalue weighted by Gasteiger charge is 2.26. The van der Waals surface area contributed by atoms with Crippen molar-refractivity contribution in [1.29, 1.82) is 0 Å². The van der Waals surface area contributed by atoms with Crippen LogP contribution in [0.5, 0.6) is 0 Å². The number of ether oxygens (including phenoxy) is 1. The lowest BCUT2D eigenvalue weighted by Crippen LogP contribution is -2.44. The molecular formula is C12H17NO5S. The fraction of sp³-hybridized carbons (Fsp3) is 0.417. The molecule has 0 aliphatic heterocycles. The topological polar surface area (TPSA) is 92.7 Å². The molecule has 1 aromatic rings. The van der Waals surface area contributed by atoms with Gasteiger partial charge in [-0.3, -0.25) is 4.79 Å². The number of hydrogen-bond acceptors (Lipinski definition) is 5. The standard InChI is InChI=1S/C12H17NO5S/c1-8-4-5-9(2)11(6-8)19(16,17)13-10(7-14)12(15)18-3/h4-6,10,13-14H,7H2,1-3H3. The summed E-state index contributed by atoms with van der Waals surface area (Å²) in [5.74, 6) is -0.837. The van der Waals surface area contributed by atoms with Crippen LogP contribution in [0.25, 0.3) is 0 Å². The van der Waals surface area contributed by atoms with Gasteiger partial charge in [0.25, 0.3) is 0 Å². The van der Waals surface area contributed by atoms with Gasteiger partial charge in [0, 0.05) is 0 Å². The first kappa shape index (κ1) is 15.6. The smallest absolute Gasteiger partial charge is 0.326 e. The second-order valence-corrected chi connectivity index (χ2v) is 5.83. The zero-order chi connectivity index (χ0) is 14.6. The van der Waals surface area contributed by atoms with Crippen molar-refractivity contribution in [3.8, 4) is 0 Å². The van der Waals surface area contributed by atoms with Gasteiger partial charge in [0.15, 0.2) is 0 Å². The molecule has 0 fully saturated rings. The minimum absolute atomic E-state index is 0.0786. The molecule has 19 heavy (non-hydrogen) atoms. The number of aliphatic hydroxyl groups excluding tert-OH is 1. The maximum atomic E-state index is 12.2. The van der Waals surface area contributed by atoms with E-state index in [4.69, 9.17) is 5.11 Å². The first-order chi connectivity index (χ1) is 8.81. The summed E-state index contributed by atoms with van der Waals surface area (Å²) < 4.78 is 30.9. The maximum absolute atomic E-state index is 12.2. The number of hydrogen-bond donors (Lipinski definition) is 2. The summed E-state index contributed by atoms with van der Waals surface area (Å²) in [7, 11) is -2.77. The molecule has 0 saturated heterocycles. The van der Waals surface area contributed by atoms with Gasteiger partial charge in [-0.15, -0.1) is 0 Å². The van der Waals surface area contributed by atoms with Crippen molar-refractivity contribution in [2.75, 3.05) is 13.7 Å². The number of carbonyl (C=O) groups excluding carboxylic acids is 1. The Bertz CT molecular complexity index is 567. The molecule has 0 saturated carbocycles. The molecule has 1 aromatic carbocycles. The van der Waals surface area contributed by atoms with E-state index < -0.39 is 28.6 Å². The van der Waals surface area contributed by atoms with E-state index in [9.17, 15) is 13.2 Å². The lowest BCUT2D eigenvalue weighted by Gasteiger charge is -2.15. The second-order valence-electron chi connectivity index (χ2n) is 4.15. The van der Waals surface area contributed by atoms with E-state index in [1.54, 1.807) is 26.0 Å². The first-order valence-electron chi connectivity index (χ1n) is 5.60. The van der Waals surface area contributed by atoms with Crippen molar-refractivity contribution in [3.05, 3.63) is 29.3 Å². The third kappa shape index (κ3) is 3.76. The van der Waals surface area contributed by atoms with Crippen molar-refractivity contribution in [2.45, 2.75) is 24.8 Å². The molecule has 0 radical (unpaired) electrons. The van der Waals surface area contributed by atoms with Gasteiger partial charge in [0.1, 0.15) is 6.04 Å². The molecule has 106 valence electrons. The summed E-state index contributed by atoms with van der Waals surface area (Å²) in [5.41, 5.74) is 1.34. The van der Waals surface area contributed by atoms with Crippen LogP contribution in [0.3, 0.4) is 0 Å². The number of aliphatic hydroxyl groups is 1. The predicted molar refractivity (Wildman–Crippen MR) is 69.1 cm³/mol. The Hall–Kier alpha value is -1.44. The van der Waals surface area contributed by atoms with Crippen LogP contribution in [0.4, 0.5) is 0 Å². The molecule has 6 nitrogen and oxygen atoms in total. The Kier molecular flexibility index (Phi) is 5.04. The van der Waals surface area contributed by atoms with E-state index in [-0.39, 0.29) is 4.90 Å². The molecule has 2 N–H and O–H groups in total. The van der Waals surface area contributed by atoms with Gasteiger partial charge in [-0.2, -0.15) is 4.72 Å². The molecule has 0 bridgehead atoms. The Morgan fingerprint density at radius 3 is 2.58 bits per heavy atom. The van der Waals surface area contributed by atoms with Crippen LogP contribution >= 0.6 is 0 Å². The highest BCUT2D eigenvalue weighted by Crippen LogP contribution is 2.17. The number of esters is 1. The summed E-state index contributed by atoms with van der Waals surface area (Å²) in [6, 6.07) is 3.66. The van der Waals surface area contributed by atoms with E-state index in [1.807, 2.05) is 0 Å². The summed E-state index contributed by atoms with van der Waals surface area (Å²) in [5, 5.41) is 9.03. The van der Waals surface area contributed by atoms with Gasteiger partial charge in [-0.05, 0) is 31.0 Å². The van der Waals surface area contributed by atoms with Crippen molar-refractivity contribution in [1.82, 2.24) is 4.72 Å². The van der Waals surface area contributed by atoms with Crippen LogP contribution in [0.2, 0.25) is 0 Å². The summed E-state index contributed by atoms with van der Waals surface area (Å²) in [6.07, 6.45) is 0. The van der Waals surface area contributed by atoms with Gasteiger partial charge in [-0.1, -0.05) is 12.1 Å². The summed E-state index contributed by atoms with van der Waals surface area (Å²) >= 11 is 0. The fourth-order valence-electron chi connectivity index (χ4n) is 1.55. The Balaban J connectivity index is 3.10. The Morgan fingerprint density at radius 1 is 1.42 bits per heavy atom. The lowest BCUT2D eigenvalue weighted by atomic mass is 10.2. The second kappa shape index (κ2) is 6.14. The van der Waals surface area contributed by atoms with Gasteiger partial charge in [0.2, 0.25) is 10.0 Å². The van der Waals surface area contributed by atoms with E-state index in [0.29, 0.717) is 5.56 Å². The van der Waals surface area contributed by atoms with Gasteiger partial charge in [0.05, 0.1) is 18.6 Å². The Labute approximate surface area is 112 Å². The van der Waals surface area contributed by atoms with Crippen molar-refractivity contribution >= 4 is 16.0 Å². The molecule has 0 aliphatic carbocycles. The number of rotatable bonds is 5. The molecule has 0 spiro atoms. The third-order valence-electron chi connectivity index (χ3n) is 2.60. The van der Waals surface area contributed by atoms with Crippen LogP contribution in [-0.4, -0.2) is 39.3 Å². The summed E-state index contributed by atoms with van der Waals surface area (Å²) in [6.45, 7) is 2.75. The highest BCUT2D eigenvalue weighted by atomic mass is 32.2. The normalized spacial score (nSPS) is 13.1. The van der Waals surface area contributed by atoms with Crippen LogP contribution < -0.4 is 4.72 Å². The van der Waals surface area contributed by atoms with Crippen molar-refractivity contribution in [2.24, 2.45) is 0 Å². The molecule has 0 aliphatic rings. The molecule has 0 amide bonds. The summed E-state index contributed by atoms with van der Waals surface area (Å²) in [4.78, 5) is 11.4. The monoisotopic (exact) mass is 287 g/mol. The SMILES string of the molecule is COC(=O)C(CO)NS(=O)(=O)c1cc(C)ccc1C. The average molecular weight is 287 g/mol. The van der Waals surface area contributed by atoms with Crippen LogP contribution in [0.15, 0.2) is 23.1 Å². The fourth-order valence-corrected chi connectivity index (χ4v) is 3.06. The van der Waals surface area contributed by atoms with E-state index in [1.165, 1.54) is 6.07 Å². The minimum atomic E-state index is -3.89. The molecule has 1 unspecified atom stereocenters. The van der Waals surface area contributed by atoms with Crippen molar-refractivity contribution in [3.63, 3.8) is 0 Å². The molecule has 7 heteroatoms. The average Bonchev–Trinajstić information content (AvgIpc) is 2.37. The zero-order valence-corrected chi connectivity index (χ0v) is 11.8. The first-order valence-corrected chi connectivity index (χ1v) is 7.08. The van der Waals surface area contributed by atoms with Crippen LogP contribution in [-0.2, 0) is 19.6 Å². The number of benzene rings is 1. The zero-order valence-electron chi connectivity index (χ0n) is 11.0. The van der Waals surface area contributed by atoms with Crippen molar-refractivity contribution < 1.29 is 23.1 Å². The molecule has 0 aromatic heterocycles. The molecule has 1 atom stereocenters. The van der Waals surface area contributed by atoms with Crippen LogP contribution in [0, 0.1) is 13.8 Å². The minimum Gasteiger partial charge on any atom is -0.468 e. The van der Waals surface area contributed by atoms with E-state index in [0.717, 1.165) is 12.7 Å². The highest BCUT2D eigenvalue weighted by molar-refractivity contribution is 7.89. The van der Waals surface area contributed by atoms with Crippen LogP contribution in [0.1, 0.15) is 11.1 Å². The van der Waals surface area contributed by atoms with Gasteiger partial charge >= 0.3 is 5.97 Å². The Morgan fingerprint density at radius 2 is 2.05 bits per heavy atom. The third-order valence-corrected chi connectivity index (χ3v) is 4.21. The number of methoxy groups -OCH3 is 1. The molecule has 0 heterocycles. The molecule has 1 rings (SSSR count). The quantitative estimate of drug-likeness (QED) is 0.750. The van der Waals surface area contributed by atoms with Gasteiger partial charge < -0.3 is 9.84 Å². The number of carbonyl (C=O) groups is 1. The number of sulfonamides is 1. The number of nitrogens with one attached hydrogen (secondary N) is 1. The maximum Gasteiger partial charge on any atom is 0.326 e. The number of aryl methyl sites for hydroxylation is 2. The lowest BCUT2D eigenvalue weighted by molar-refractivity contribution is -0.143. The largest absolute Gasteiger partial charge is 0.468 e. The van der Waals surface area contributed by atoms with E-state index >= 15 is 0 Å². The van der Waals surface area contributed by atoms with E-state index in [2.05, 4.69) is 9.46 Å². The predicted octanol–water partition coefficient (Wildman–Crippen LogP) is 0.116. The van der Waals surface area contributed by atoms with Gasteiger partial charge in [-0.25, -0.2) is 8.42 Å².